The van der Waals surface area contributed by atoms with Crippen molar-refractivity contribution in [3.8, 4) is 11.3 Å². The number of aromatic nitrogens is 3. The minimum Gasteiger partial charge on any atom is -0.416 e. The zero-order chi connectivity index (χ0) is 20.1. The average molecular weight is 423 g/mol. The Balaban J connectivity index is 1.29. The van der Waals surface area contributed by atoms with Crippen LogP contribution in [0.1, 0.15) is 17.0 Å². The summed E-state index contributed by atoms with van der Waals surface area (Å²) in [7, 11) is 0. The van der Waals surface area contributed by atoms with Crippen LogP contribution in [0.15, 0.2) is 69.6 Å². The number of rotatable bonds is 7. The molecule has 0 bridgehead atoms. The smallest absolute Gasteiger partial charge is 0.277 e. The predicted octanol–water partition coefficient (Wildman–Crippen LogP) is 4.82. The Morgan fingerprint density at radius 1 is 1.10 bits per heavy atom. The number of hydrogen-bond donors (Lipinski definition) is 1. The van der Waals surface area contributed by atoms with Crippen LogP contribution in [0.3, 0.4) is 0 Å². The second kappa shape index (κ2) is 9.02. The minimum absolute atomic E-state index is 0.164. The summed E-state index contributed by atoms with van der Waals surface area (Å²) in [6.45, 7) is 2.04. The molecule has 0 unspecified atom stereocenters. The van der Waals surface area contributed by atoms with Crippen molar-refractivity contribution in [1.29, 1.82) is 0 Å². The van der Waals surface area contributed by atoms with Gasteiger partial charge in [-0.3, -0.25) is 4.79 Å². The third kappa shape index (κ3) is 5.30. The van der Waals surface area contributed by atoms with Gasteiger partial charge < -0.3 is 9.73 Å². The fourth-order valence-corrected chi connectivity index (χ4v) is 3.93. The summed E-state index contributed by atoms with van der Waals surface area (Å²) in [6, 6.07) is 18.0. The van der Waals surface area contributed by atoms with Gasteiger partial charge in [-0.1, -0.05) is 71.9 Å². The first kappa shape index (κ1) is 19.4. The molecule has 0 saturated carbocycles. The number of thiazole rings is 1. The molecule has 4 aromatic rings. The lowest BCUT2D eigenvalue weighted by Crippen LogP contribution is -2.13. The van der Waals surface area contributed by atoms with Crippen molar-refractivity contribution in [2.75, 3.05) is 11.1 Å². The molecule has 0 atom stereocenters. The maximum absolute atomic E-state index is 12.2. The van der Waals surface area contributed by atoms with Gasteiger partial charge in [0.25, 0.3) is 5.22 Å². The normalized spacial score (nSPS) is 10.8. The molecule has 0 spiro atoms. The SMILES string of the molecule is Cc1ccc(-c2csc(NC(=O)CSc3nnc(Cc4ccccc4)o3)n2)cc1. The Morgan fingerprint density at radius 3 is 2.69 bits per heavy atom. The molecule has 29 heavy (non-hydrogen) atoms. The maximum Gasteiger partial charge on any atom is 0.277 e. The van der Waals surface area contributed by atoms with E-state index in [-0.39, 0.29) is 11.7 Å². The third-order valence-electron chi connectivity index (χ3n) is 4.07. The molecule has 1 amide bonds. The molecule has 6 nitrogen and oxygen atoms in total. The van der Waals surface area contributed by atoms with Gasteiger partial charge in [0.2, 0.25) is 11.8 Å². The lowest BCUT2D eigenvalue weighted by Gasteiger charge is -2.00. The number of carbonyl (C=O) groups is 1. The topological polar surface area (TPSA) is 80.9 Å². The number of benzene rings is 2. The third-order valence-corrected chi connectivity index (χ3v) is 5.65. The first-order valence-corrected chi connectivity index (χ1v) is 10.8. The predicted molar refractivity (Wildman–Crippen MR) is 115 cm³/mol. The Bertz CT molecular complexity index is 1090. The molecule has 0 fully saturated rings. The maximum atomic E-state index is 12.2. The van der Waals surface area contributed by atoms with Crippen molar-refractivity contribution < 1.29 is 9.21 Å². The summed E-state index contributed by atoms with van der Waals surface area (Å²) in [5.41, 5.74) is 4.17. The highest BCUT2D eigenvalue weighted by Gasteiger charge is 2.12. The van der Waals surface area contributed by atoms with Gasteiger partial charge in [0.05, 0.1) is 17.9 Å². The number of carbonyl (C=O) groups excluding carboxylic acids is 1. The monoisotopic (exact) mass is 422 g/mol. The molecule has 2 aromatic carbocycles. The van der Waals surface area contributed by atoms with Gasteiger partial charge >= 0.3 is 0 Å². The van der Waals surface area contributed by atoms with Crippen molar-refractivity contribution in [3.05, 3.63) is 77.0 Å². The van der Waals surface area contributed by atoms with E-state index in [1.54, 1.807) is 0 Å². The molecular formula is C21H18N4O2S2. The van der Waals surface area contributed by atoms with Crippen molar-refractivity contribution in [1.82, 2.24) is 15.2 Å². The molecule has 0 saturated heterocycles. The lowest BCUT2D eigenvalue weighted by molar-refractivity contribution is -0.113. The van der Waals surface area contributed by atoms with Crippen LogP contribution in [0, 0.1) is 6.92 Å². The summed E-state index contributed by atoms with van der Waals surface area (Å²) in [5.74, 6) is 0.538. The molecule has 0 aliphatic heterocycles. The fraction of sp³-hybridized carbons (Fsp3) is 0.143. The average Bonchev–Trinajstić information content (AvgIpc) is 3.37. The van der Waals surface area contributed by atoms with Crippen LogP contribution in [-0.4, -0.2) is 26.8 Å². The van der Waals surface area contributed by atoms with Crippen molar-refractivity contribution in [2.45, 2.75) is 18.6 Å². The largest absolute Gasteiger partial charge is 0.416 e. The van der Waals surface area contributed by atoms with Crippen LogP contribution in [0.4, 0.5) is 5.13 Å². The second-order valence-electron chi connectivity index (χ2n) is 6.36. The minimum atomic E-state index is -0.164. The molecule has 146 valence electrons. The highest BCUT2D eigenvalue weighted by molar-refractivity contribution is 7.99. The summed E-state index contributed by atoms with van der Waals surface area (Å²) in [5, 5.41) is 13.7. The van der Waals surface area contributed by atoms with Gasteiger partial charge in [0, 0.05) is 10.9 Å². The first-order valence-electron chi connectivity index (χ1n) is 8.97. The van der Waals surface area contributed by atoms with Crippen molar-refractivity contribution in [2.24, 2.45) is 0 Å². The van der Waals surface area contributed by atoms with E-state index in [1.165, 1.54) is 28.7 Å². The van der Waals surface area contributed by atoms with Crippen LogP contribution < -0.4 is 5.32 Å². The highest BCUT2D eigenvalue weighted by atomic mass is 32.2. The number of amides is 1. The van der Waals surface area contributed by atoms with E-state index in [1.807, 2.05) is 66.9 Å². The van der Waals surface area contributed by atoms with Crippen molar-refractivity contribution >= 4 is 34.1 Å². The molecular weight excluding hydrogens is 404 g/mol. The van der Waals surface area contributed by atoms with Crippen LogP contribution >= 0.6 is 23.1 Å². The number of hydrogen-bond acceptors (Lipinski definition) is 7. The van der Waals surface area contributed by atoms with E-state index in [4.69, 9.17) is 4.42 Å². The quantitative estimate of drug-likeness (QED) is 0.430. The fourth-order valence-electron chi connectivity index (χ4n) is 2.61. The van der Waals surface area contributed by atoms with E-state index in [9.17, 15) is 4.79 Å². The van der Waals surface area contributed by atoms with E-state index < -0.39 is 0 Å². The number of nitrogens with one attached hydrogen (secondary N) is 1. The molecule has 1 N–H and O–H groups in total. The van der Waals surface area contributed by atoms with Crippen molar-refractivity contribution in [3.63, 3.8) is 0 Å². The summed E-state index contributed by atoms with van der Waals surface area (Å²) in [6.07, 6.45) is 0.571. The van der Waals surface area contributed by atoms with E-state index in [0.717, 1.165) is 16.8 Å². The molecule has 8 heteroatoms. The van der Waals surface area contributed by atoms with Gasteiger partial charge in [0.1, 0.15) is 0 Å². The molecule has 4 rings (SSSR count). The van der Waals surface area contributed by atoms with Crippen LogP contribution in [0.25, 0.3) is 11.3 Å². The number of anilines is 1. The summed E-state index contributed by atoms with van der Waals surface area (Å²) in [4.78, 5) is 16.7. The first-order chi connectivity index (χ1) is 14.2. The van der Waals surface area contributed by atoms with E-state index >= 15 is 0 Å². The Kier molecular flexibility index (Phi) is 6.02. The van der Waals surface area contributed by atoms with Gasteiger partial charge in [-0.2, -0.15) is 0 Å². The Labute approximate surface area is 176 Å². The van der Waals surface area contributed by atoms with Crippen LogP contribution in [-0.2, 0) is 11.2 Å². The van der Waals surface area contributed by atoms with Crippen LogP contribution in [0.2, 0.25) is 0 Å². The zero-order valence-corrected chi connectivity index (χ0v) is 17.3. The number of thioether (sulfide) groups is 1. The van der Waals surface area contributed by atoms with Gasteiger partial charge in [-0.15, -0.1) is 21.5 Å². The van der Waals surface area contributed by atoms with Crippen LogP contribution in [0.5, 0.6) is 0 Å². The van der Waals surface area contributed by atoms with Gasteiger partial charge in [-0.25, -0.2) is 4.98 Å². The number of nitrogens with zero attached hydrogens (tertiary/aromatic N) is 3. The lowest BCUT2D eigenvalue weighted by atomic mass is 10.1. The Hall–Kier alpha value is -2.97. The number of aryl methyl sites for hydroxylation is 1. The summed E-state index contributed by atoms with van der Waals surface area (Å²) >= 11 is 2.61. The van der Waals surface area contributed by atoms with E-state index in [2.05, 4.69) is 20.5 Å². The zero-order valence-electron chi connectivity index (χ0n) is 15.7. The standard InChI is InChI=1S/C21H18N4O2S2/c1-14-7-9-16(10-8-14)17-12-28-20(22-17)23-18(26)13-29-21-25-24-19(27-21)11-15-5-3-2-4-6-15/h2-10,12H,11,13H2,1H3,(H,22,23,26). The van der Waals surface area contributed by atoms with Gasteiger partial charge in [0.15, 0.2) is 5.13 Å². The molecule has 2 heterocycles. The summed E-state index contributed by atoms with van der Waals surface area (Å²) < 4.78 is 5.61. The molecule has 0 aliphatic carbocycles. The molecule has 0 radical (unpaired) electrons. The molecule has 2 aromatic heterocycles. The highest BCUT2D eigenvalue weighted by Crippen LogP contribution is 2.25. The van der Waals surface area contributed by atoms with E-state index in [0.29, 0.717) is 22.7 Å². The second-order valence-corrected chi connectivity index (χ2v) is 8.15. The Morgan fingerprint density at radius 2 is 1.90 bits per heavy atom. The molecule has 0 aliphatic rings. The van der Waals surface area contributed by atoms with Gasteiger partial charge in [-0.05, 0) is 12.5 Å².